The molecule has 0 amide bonds. The van der Waals surface area contributed by atoms with Crippen LogP contribution in [0.3, 0.4) is 0 Å². The third-order valence-electron chi connectivity index (χ3n) is 2.21. The van der Waals surface area contributed by atoms with E-state index in [1.54, 1.807) is 48.7 Å². The van der Waals surface area contributed by atoms with Gasteiger partial charge in [0, 0.05) is 11.6 Å². The van der Waals surface area contributed by atoms with Gasteiger partial charge in [0.1, 0.15) is 17.4 Å². The number of aromatic nitrogens is 1. The Hall–Kier alpha value is -1.88. The van der Waals surface area contributed by atoms with Gasteiger partial charge in [-0.3, -0.25) is 0 Å². The van der Waals surface area contributed by atoms with E-state index in [0.29, 0.717) is 24.5 Å². The topological polar surface area (TPSA) is 48.4 Å². The van der Waals surface area contributed by atoms with Gasteiger partial charge in [-0.05, 0) is 31.2 Å². The predicted molar refractivity (Wildman–Crippen MR) is 68.8 cm³/mol. The Kier molecular flexibility index (Phi) is 4.30. The van der Waals surface area contributed by atoms with Gasteiger partial charge in [0.2, 0.25) is 0 Å². The lowest BCUT2D eigenvalue weighted by Crippen LogP contribution is -2.04. The van der Waals surface area contributed by atoms with Crippen molar-refractivity contribution < 1.29 is 14.3 Å². The summed E-state index contributed by atoms with van der Waals surface area (Å²) in [5.41, 5.74) is 0.526. The molecule has 0 radical (unpaired) electrons. The van der Waals surface area contributed by atoms with Crippen molar-refractivity contribution in [3.05, 3.63) is 46.4 Å². The maximum atomic E-state index is 11.4. The SMILES string of the molecule is CCOC(=O)c1ccc(OCc2nccs2)cc1. The Balaban J connectivity index is 1.93. The van der Waals surface area contributed by atoms with E-state index in [1.165, 1.54) is 0 Å². The summed E-state index contributed by atoms with van der Waals surface area (Å²) in [6.07, 6.45) is 1.74. The Morgan fingerprint density at radius 3 is 2.72 bits per heavy atom. The summed E-state index contributed by atoms with van der Waals surface area (Å²) >= 11 is 1.55. The molecule has 5 heteroatoms. The first kappa shape index (κ1) is 12.6. The van der Waals surface area contributed by atoms with Gasteiger partial charge >= 0.3 is 5.97 Å². The number of benzene rings is 1. The van der Waals surface area contributed by atoms with Crippen molar-refractivity contribution in [2.75, 3.05) is 6.61 Å². The van der Waals surface area contributed by atoms with E-state index in [0.717, 1.165) is 5.01 Å². The number of carbonyl (C=O) groups is 1. The summed E-state index contributed by atoms with van der Waals surface area (Å²) in [5.74, 6) is 0.391. The van der Waals surface area contributed by atoms with Crippen LogP contribution in [-0.2, 0) is 11.3 Å². The molecule has 0 atom stereocenters. The van der Waals surface area contributed by atoms with Crippen LogP contribution in [0.25, 0.3) is 0 Å². The molecule has 0 aliphatic rings. The van der Waals surface area contributed by atoms with E-state index < -0.39 is 0 Å². The summed E-state index contributed by atoms with van der Waals surface area (Å²) < 4.78 is 10.4. The lowest BCUT2D eigenvalue weighted by molar-refractivity contribution is 0.0526. The molecule has 0 unspecified atom stereocenters. The lowest BCUT2D eigenvalue weighted by Gasteiger charge is -2.05. The quantitative estimate of drug-likeness (QED) is 0.778. The number of thiazole rings is 1. The molecule has 0 aliphatic carbocycles. The highest BCUT2D eigenvalue weighted by Gasteiger charge is 2.06. The summed E-state index contributed by atoms with van der Waals surface area (Å²) in [7, 11) is 0. The highest BCUT2D eigenvalue weighted by Crippen LogP contribution is 2.15. The van der Waals surface area contributed by atoms with Crippen molar-refractivity contribution in [3.8, 4) is 5.75 Å². The van der Waals surface area contributed by atoms with Crippen molar-refractivity contribution in [2.45, 2.75) is 13.5 Å². The van der Waals surface area contributed by atoms with Gasteiger partial charge in [-0.25, -0.2) is 9.78 Å². The fourth-order valence-corrected chi connectivity index (χ4v) is 1.90. The highest BCUT2D eigenvalue weighted by atomic mass is 32.1. The third-order valence-corrected chi connectivity index (χ3v) is 2.96. The molecule has 2 aromatic rings. The van der Waals surface area contributed by atoms with Crippen LogP contribution >= 0.6 is 11.3 Å². The molecule has 0 saturated heterocycles. The first-order valence-corrected chi connectivity index (χ1v) is 6.46. The molecule has 0 fully saturated rings. The molecule has 0 bridgehead atoms. The van der Waals surface area contributed by atoms with E-state index in [-0.39, 0.29) is 5.97 Å². The Bertz CT molecular complexity index is 493. The van der Waals surface area contributed by atoms with Gasteiger partial charge < -0.3 is 9.47 Å². The van der Waals surface area contributed by atoms with Crippen molar-refractivity contribution in [3.63, 3.8) is 0 Å². The fraction of sp³-hybridized carbons (Fsp3) is 0.231. The van der Waals surface area contributed by atoms with E-state index in [2.05, 4.69) is 4.98 Å². The standard InChI is InChI=1S/C13H13NO3S/c1-2-16-13(15)10-3-5-11(6-4-10)17-9-12-14-7-8-18-12/h3-8H,2,9H2,1H3. The fourth-order valence-electron chi connectivity index (χ4n) is 1.37. The van der Waals surface area contributed by atoms with Gasteiger partial charge in [-0.2, -0.15) is 0 Å². The molecule has 0 saturated carbocycles. The number of rotatable bonds is 5. The van der Waals surface area contributed by atoms with Gasteiger partial charge in [0.25, 0.3) is 0 Å². The second kappa shape index (κ2) is 6.16. The molecule has 0 N–H and O–H groups in total. The van der Waals surface area contributed by atoms with Crippen molar-refractivity contribution in [2.24, 2.45) is 0 Å². The number of hydrogen-bond acceptors (Lipinski definition) is 5. The number of hydrogen-bond donors (Lipinski definition) is 0. The summed E-state index contributed by atoms with van der Waals surface area (Å²) in [6.45, 7) is 2.60. The van der Waals surface area contributed by atoms with Gasteiger partial charge in [-0.1, -0.05) is 0 Å². The average molecular weight is 263 g/mol. The maximum absolute atomic E-state index is 11.4. The second-order valence-electron chi connectivity index (χ2n) is 3.46. The highest BCUT2D eigenvalue weighted by molar-refractivity contribution is 7.09. The molecule has 1 aromatic heterocycles. The van der Waals surface area contributed by atoms with E-state index >= 15 is 0 Å². The minimum absolute atomic E-state index is 0.316. The smallest absolute Gasteiger partial charge is 0.338 e. The van der Waals surface area contributed by atoms with Crippen LogP contribution in [0.5, 0.6) is 5.75 Å². The van der Waals surface area contributed by atoms with E-state index in [4.69, 9.17) is 9.47 Å². The maximum Gasteiger partial charge on any atom is 0.338 e. The largest absolute Gasteiger partial charge is 0.486 e. The molecular formula is C13H13NO3S. The molecule has 1 aromatic carbocycles. The summed E-state index contributed by atoms with van der Waals surface area (Å²) in [6, 6.07) is 6.88. The van der Waals surface area contributed by atoms with E-state index in [1.807, 2.05) is 5.38 Å². The number of ether oxygens (including phenoxy) is 2. The predicted octanol–water partition coefficient (Wildman–Crippen LogP) is 2.90. The average Bonchev–Trinajstić information content (AvgIpc) is 2.90. The molecule has 2 rings (SSSR count). The second-order valence-corrected chi connectivity index (χ2v) is 4.44. The molecule has 94 valence electrons. The minimum atomic E-state index is -0.316. The van der Waals surface area contributed by atoms with E-state index in [9.17, 15) is 4.79 Å². The Morgan fingerprint density at radius 2 is 2.11 bits per heavy atom. The monoisotopic (exact) mass is 263 g/mol. The van der Waals surface area contributed by atoms with Gasteiger partial charge in [0.15, 0.2) is 0 Å². The Morgan fingerprint density at radius 1 is 1.33 bits per heavy atom. The zero-order valence-electron chi connectivity index (χ0n) is 9.96. The van der Waals surface area contributed by atoms with Crippen LogP contribution in [0.15, 0.2) is 35.8 Å². The normalized spacial score (nSPS) is 10.1. The van der Waals surface area contributed by atoms with Gasteiger partial charge in [0.05, 0.1) is 12.2 Å². The molecular weight excluding hydrogens is 250 g/mol. The first-order valence-electron chi connectivity index (χ1n) is 5.58. The van der Waals surface area contributed by atoms with Crippen LogP contribution < -0.4 is 4.74 Å². The molecule has 1 heterocycles. The van der Waals surface area contributed by atoms with Gasteiger partial charge in [-0.15, -0.1) is 11.3 Å². The van der Waals surface area contributed by atoms with Crippen LogP contribution in [0.1, 0.15) is 22.3 Å². The van der Waals surface area contributed by atoms with Crippen molar-refractivity contribution in [1.29, 1.82) is 0 Å². The molecule has 4 nitrogen and oxygen atoms in total. The van der Waals surface area contributed by atoms with Crippen LogP contribution in [0, 0.1) is 0 Å². The zero-order valence-corrected chi connectivity index (χ0v) is 10.8. The third kappa shape index (κ3) is 3.30. The lowest BCUT2D eigenvalue weighted by atomic mass is 10.2. The minimum Gasteiger partial charge on any atom is -0.486 e. The molecule has 0 spiro atoms. The van der Waals surface area contributed by atoms with Crippen molar-refractivity contribution >= 4 is 17.3 Å². The first-order chi connectivity index (χ1) is 8.79. The zero-order chi connectivity index (χ0) is 12.8. The summed E-state index contributed by atoms with van der Waals surface area (Å²) in [5, 5.41) is 2.83. The number of carbonyl (C=O) groups excluding carboxylic acids is 1. The Labute approximate surface area is 109 Å². The number of esters is 1. The van der Waals surface area contributed by atoms with Crippen LogP contribution in [0.2, 0.25) is 0 Å². The van der Waals surface area contributed by atoms with Crippen LogP contribution in [0.4, 0.5) is 0 Å². The van der Waals surface area contributed by atoms with Crippen molar-refractivity contribution in [1.82, 2.24) is 4.98 Å². The summed E-state index contributed by atoms with van der Waals surface area (Å²) in [4.78, 5) is 15.6. The van der Waals surface area contributed by atoms with Crippen LogP contribution in [-0.4, -0.2) is 17.6 Å². The number of nitrogens with zero attached hydrogens (tertiary/aromatic N) is 1. The molecule has 0 aliphatic heterocycles. The molecule has 18 heavy (non-hydrogen) atoms.